The van der Waals surface area contributed by atoms with Crippen molar-refractivity contribution >= 4 is 94.7 Å². The molecule has 13 amide bonds. The number of nitrogens with one attached hydrogen (secondary N) is 10. The summed E-state index contributed by atoms with van der Waals surface area (Å²) in [5, 5.41) is 53.2. The van der Waals surface area contributed by atoms with Gasteiger partial charge in [0, 0.05) is 25.8 Å². The van der Waals surface area contributed by atoms with E-state index in [9.17, 15) is 87.2 Å². The van der Waals surface area contributed by atoms with Crippen LogP contribution in [0.2, 0.25) is 0 Å². The van der Waals surface area contributed by atoms with E-state index in [0.717, 1.165) is 0 Å². The van der Waals surface area contributed by atoms with Gasteiger partial charge in [-0.15, -0.1) is 0 Å². The number of hydrogen-bond acceptors (Lipinski definition) is 18. The highest BCUT2D eigenvalue weighted by Gasteiger charge is 2.37. The van der Waals surface area contributed by atoms with Gasteiger partial charge in [0.2, 0.25) is 76.8 Å². The molecule has 0 bridgehead atoms. The van der Waals surface area contributed by atoms with Crippen LogP contribution in [0.15, 0.2) is 29.3 Å². The Morgan fingerprint density at radius 1 is 0.457 bits per heavy atom. The van der Waals surface area contributed by atoms with Gasteiger partial charge in [0.25, 0.3) is 0 Å². The standard InChI is InChI=1S/C57H93N17O18/c1-26(2)20-35(68-48(83)33(10-9-19-64-57(62)63)67-47(82)32(58)15-17-40(59)76)50(85)72-39(24-42(61)78)54(89)73-45(28(5)6)55(90)65-25-43(79)66-34(16-18-44(80)81)49(84)70-37(22-30-11-13-31(75)14-12-30)51(86)71-38(23-41(60)77)52(87)69-36(21-27(3)4)53(88)74-46(29(7)8)56(91)92/h11-14,26-29,32-39,45-46,75H,9-10,15-25,58H2,1-8H3,(H2,59,76)(H2,60,77)(H2,61,78)(H,65,90)(H,66,79)(H,67,82)(H,68,83)(H,69,87)(H,70,84)(H,71,86)(H,72,85)(H,73,89)(H,74,88)(H,80,81)(H,91,92)(H4,62,63,64)/t32-,33-,34-,35-,36-,37-,38-,39-,45-,46-/m0/s1. The molecule has 0 heterocycles. The Kier molecular flexibility index (Phi) is 35.0. The van der Waals surface area contributed by atoms with Crippen molar-refractivity contribution in [2.45, 2.75) is 186 Å². The van der Waals surface area contributed by atoms with Gasteiger partial charge in [-0.2, -0.15) is 0 Å². The molecule has 1 aromatic rings. The quantitative estimate of drug-likeness (QED) is 0.0164. The Balaban J connectivity index is 3.50. The van der Waals surface area contributed by atoms with Crippen molar-refractivity contribution in [3.05, 3.63) is 29.8 Å². The van der Waals surface area contributed by atoms with E-state index in [-0.39, 0.29) is 68.6 Å². The fraction of sp³-hybridized carbons (Fsp3) is 0.614. The van der Waals surface area contributed by atoms with E-state index in [1.807, 2.05) is 0 Å². The van der Waals surface area contributed by atoms with Crippen molar-refractivity contribution in [3.8, 4) is 5.75 Å². The van der Waals surface area contributed by atoms with Crippen LogP contribution in [0.25, 0.3) is 0 Å². The van der Waals surface area contributed by atoms with Crippen molar-refractivity contribution in [1.82, 2.24) is 53.2 Å². The zero-order valence-electron chi connectivity index (χ0n) is 53.0. The van der Waals surface area contributed by atoms with E-state index in [4.69, 9.17) is 34.4 Å². The number of phenolic OH excluding ortho intramolecular Hbond substituents is 1. The third-order valence-electron chi connectivity index (χ3n) is 13.6. The van der Waals surface area contributed by atoms with Gasteiger partial charge in [-0.1, -0.05) is 67.5 Å². The number of amides is 13. The lowest BCUT2D eigenvalue weighted by Crippen LogP contribution is -2.60. The molecular formula is C57H93N17O18. The number of rotatable bonds is 43. The van der Waals surface area contributed by atoms with Gasteiger partial charge in [-0.25, -0.2) is 4.79 Å². The Morgan fingerprint density at radius 3 is 1.32 bits per heavy atom. The lowest BCUT2D eigenvalue weighted by atomic mass is 9.99. The summed E-state index contributed by atoms with van der Waals surface area (Å²) in [6.45, 7) is 11.9. The number of carboxylic acids is 2. The summed E-state index contributed by atoms with van der Waals surface area (Å²) in [4.78, 5) is 201. The highest BCUT2D eigenvalue weighted by Crippen LogP contribution is 2.15. The fourth-order valence-corrected chi connectivity index (χ4v) is 8.76. The van der Waals surface area contributed by atoms with E-state index < -0.39 is 200 Å². The molecule has 0 spiro atoms. The first-order valence-corrected chi connectivity index (χ1v) is 29.7. The molecule has 92 heavy (non-hydrogen) atoms. The van der Waals surface area contributed by atoms with Crippen LogP contribution in [0.3, 0.4) is 0 Å². The monoisotopic (exact) mass is 1300 g/mol. The summed E-state index contributed by atoms with van der Waals surface area (Å²) in [6, 6.07) is -10.2. The van der Waals surface area contributed by atoms with Crippen LogP contribution < -0.4 is 87.6 Å². The van der Waals surface area contributed by atoms with Crippen LogP contribution in [0.1, 0.15) is 125 Å². The molecule has 0 saturated carbocycles. The molecule has 0 unspecified atom stereocenters. The minimum absolute atomic E-state index is 0.0313. The average Bonchev–Trinajstić information content (AvgIpc) is 0.927. The Labute approximate surface area is 531 Å². The number of nitrogens with two attached hydrogens (primary N) is 6. The number of benzene rings is 1. The molecule has 0 radical (unpaired) electrons. The fourth-order valence-electron chi connectivity index (χ4n) is 8.76. The largest absolute Gasteiger partial charge is 0.508 e. The van der Waals surface area contributed by atoms with Crippen molar-refractivity contribution < 1.29 is 87.2 Å². The number of aliphatic carboxylic acids is 2. The van der Waals surface area contributed by atoms with Gasteiger partial charge in [0.1, 0.15) is 60.1 Å². The van der Waals surface area contributed by atoms with Crippen LogP contribution in [-0.2, 0) is 78.3 Å². The highest BCUT2D eigenvalue weighted by molar-refractivity contribution is 6.00. The Hall–Kier alpha value is -9.70. The summed E-state index contributed by atoms with van der Waals surface area (Å²) in [7, 11) is 0. The van der Waals surface area contributed by atoms with Gasteiger partial charge in [-0.3, -0.25) is 72.1 Å². The predicted octanol–water partition coefficient (Wildman–Crippen LogP) is -5.84. The first-order chi connectivity index (χ1) is 42.8. The molecule has 0 aliphatic heterocycles. The molecule has 0 fully saturated rings. The van der Waals surface area contributed by atoms with Gasteiger partial charge in [0.15, 0.2) is 5.96 Å². The van der Waals surface area contributed by atoms with E-state index in [2.05, 4.69) is 58.2 Å². The van der Waals surface area contributed by atoms with Crippen LogP contribution in [0, 0.1) is 23.7 Å². The number of primary amides is 3. The lowest BCUT2D eigenvalue weighted by molar-refractivity contribution is -0.143. The predicted molar refractivity (Wildman–Crippen MR) is 329 cm³/mol. The second kappa shape index (κ2) is 40.1. The smallest absolute Gasteiger partial charge is 0.326 e. The van der Waals surface area contributed by atoms with Crippen LogP contribution in [-0.4, -0.2) is 184 Å². The van der Waals surface area contributed by atoms with Crippen molar-refractivity contribution in [2.75, 3.05) is 13.1 Å². The van der Waals surface area contributed by atoms with E-state index in [1.54, 1.807) is 41.5 Å². The van der Waals surface area contributed by atoms with Gasteiger partial charge in [0.05, 0.1) is 25.4 Å². The molecule has 1 rings (SSSR count). The number of hydrogen-bond donors (Lipinski definition) is 19. The topological polar surface area (TPSA) is 606 Å². The minimum atomic E-state index is -1.82. The molecule has 0 saturated heterocycles. The highest BCUT2D eigenvalue weighted by atomic mass is 16.4. The summed E-state index contributed by atoms with van der Waals surface area (Å²) in [5.74, 6) is -18.4. The van der Waals surface area contributed by atoms with E-state index in [1.165, 1.54) is 38.1 Å². The third kappa shape index (κ3) is 31.7. The number of carboxylic acid groups (broad SMARTS) is 2. The number of aliphatic imine (C=N–C) groups is 1. The van der Waals surface area contributed by atoms with Crippen molar-refractivity contribution in [2.24, 2.45) is 63.1 Å². The number of carbonyl (C=O) groups is 15. The lowest BCUT2D eigenvalue weighted by Gasteiger charge is -2.28. The van der Waals surface area contributed by atoms with Crippen molar-refractivity contribution in [1.29, 1.82) is 0 Å². The normalized spacial score (nSPS) is 14.4. The van der Waals surface area contributed by atoms with Crippen LogP contribution >= 0.6 is 0 Å². The van der Waals surface area contributed by atoms with Crippen LogP contribution in [0.5, 0.6) is 5.75 Å². The third-order valence-corrected chi connectivity index (χ3v) is 13.6. The summed E-state index contributed by atoms with van der Waals surface area (Å²) in [5.41, 5.74) is 33.2. The molecule has 0 aliphatic rings. The van der Waals surface area contributed by atoms with Gasteiger partial charge in [-0.05, 0) is 79.9 Å². The molecule has 35 heteroatoms. The molecule has 514 valence electrons. The molecular weight excluding hydrogens is 1210 g/mol. The van der Waals surface area contributed by atoms with E-state index >= 15 is 0 Å². The number of aromatic hydroxyl groups is 1. The first kappa shape index (κ1) is 80.3. The maximum atomic E-state index is 14.2. The van der Waals surface area contributed by atoms with Crippen molar-refractivity contribution in [3.63, 3.8) is 0 Å². The maximum absolute atomic E-state index is 14.2. The van der Waals surface area contributed by atoms with Gasteiger partial charge < -0.3 is 103 Å². The summed E-state index contributed by atoms with van der Waals surface area (Å²) >= 11 is 0. The Bertz CT molecular complexity index is 2790. The summed E-state index contributed by atoms with van der Waals surface area (Å²) in [6.07, 6.45) is -3.91. The Morgan fingerprint density at radius 2 is 0.870 bits per heavy atom. The second-order valence-corrected chi connectivity index (χ2v) is 23.5. The number of nitrogens with zero attached hydrogens (tertiary/aromatic N) is 1. The SMILES string of the molecule is CC(C)C[C@H](NC(=O)[C@H](CCCN=C(N)N)NC(=O)[C@@H](N)CCC(N)=O)C(=O)N[C@@H](CC(N)=O)C(=O)N[C@H](C(=O)NCC(=O)N[C@@H](CCC(=O)O)C(=O)N[C@@H](Cc1ccc(O)cc1)C(=O)N[C@@H](CC(N)=O)C(=O)N[C@@H](CC(C)C)C(=O)N[C@H](C(=O)O)C(C)C)C(C)C. The van der Waals surface area contributed by atoms with Gasteiger partial charge >= 0.3 is 11.9 Å². The molecule has 10 atom stereocenters. The summed E-state index contributed by atoms with van der Waals surface area (Å²) < 4.78 is 0. The van der Waals surface area contributed by atoms with Crippen LogP contribution in [0.4, 0.5) is 0 Å². The first-order valence-electron chi connectivity index (χ1n) is 29.7. The second-order valence-electron chi connectivity index (χ2n) is 23.5. The number of phenols is 1. The molecule has 0 aromatic heterocycles. The molecule has 35 nitrogen and oxygen atoms in total. The zero-order valence-corrected chi connectivity index (χ0v) is 53.0. The minimum Gasteiger partial charge on any atom is -0.508 e. The zero-order chi connectivity index (χ0) is 70.3. The van der Waals surface area contributed by atoms with E-state index in [0.29, 0.717) is 5.56 Å². The number of carbonyl (C=O) groups excluding carboxylic acids is 13. The molecule has 0 aliphatic carbocycles. The average molecular weight is 1300 g/mol. The number of guanidine groups is 1. The molecule has 1 aromatic carbocycles. The maximum Gasteiger partial charge on any atom is 0.326 e. The molecule has 25 N–H and O–H groups in total.